The highest BCUT2D eigenvalue weighted by Gasteiger charge is 2.11. The Kier molecular flexibility index (Phi) is 4.13. The molecule has 0 atom stereocenters. The Hall–Kier alpha value is -1.66. The van der Waals surface area contributed by atoms with Crippen LogP contribution in [-0.2, 0) is 17.7 Å². The van der Waals surface area contributed by atoms with Crippen LogP contribution in [0.15, 0.2) is 22.7 Å². The molecule has 0 bridgehead atoms. The van der Waals surface area contributed by atoms with Gasteiger partial charge in [-0.15, -0.1) is 5.10 Å². The van der Waals surface area contributed by atoms with Crippen molar-refractivity contribution in [3.05, 3.63) is 35.5 Å². The van der Waals surface area contributed by atoms with Crippen LogP contribution in [0.25, 0.3) is 0 Å². The number of morpholine rings is 1. The summed E-state index contributed by atoms with van der Waals surface area (Å²) >= 11 is 0. The molecule has 1 saturated heterocycles. The Labute approximate surface area is 118 Å². The van der Waals surface area contributed by atoms with Gasteiger partial charge in [-0.05, 0) is 19.1 Å². The summed E-state index contributed by atoms with van der Waals surface area (Å²) in [5.41, 5.74) is 1.03. The minimum absolute atomic E-state index is 0.637. The van der Waals surface area contributed by atoms with Crippen molar-refractivity contribution < 1.29 is 9.15 Å². The summed E-state index contributed by atoms with van der Waals surface area (Å²) in [6, 6.07) is 3.94. The highest BCUT2D eigenvalue weighted by molar-refractivity contribution is 5.06. The summed E-state index contributed by atoms with van der Waals surface area (Å²) in [7, 11) is 0. The monoisotopic (exact) mass is 276 g/mol. The molecular formula is C14H20N4O2. The Bertz CT molecular complexity index is 543. The highest BCUT2D eigenvalue weighted by Crippen LogP contribution is 2.08. The third-order valence-corrected chi connectivity index (χ3v) is 3.49. The van der Waals surface area contributed by atoms with Gasteiger partial charge < -0.3 is 9.15 Å². The van der Waals surface area contributed by atoms with E-state index in [-0.39, 0.29) is 0 Å². The molecule has 0 aliphatic carbocycles. The fourth-order valence-corrected chi connectivity index (χ4v) is 2.36. The number of furan rings is 1. The van der Waals surface area contributed by atoms with Crippen molar-refractivity contribution >= 4 is 0 Å². The lowest BCUT2D eigenvalue weighted by Crippen LogP contribution is -2.37. The first-order valence-electron chi connectivity index (χ1n) is 7.04. The molecule has 0 amide bonds. The van der Waals surface area contributed by atoms with E-state index in [9.17, 15) is 0 Å². The van der Waals surface area contributed by atoms with Gasteiger partial charge in [-0.25, -0.2) is 4.68 Å². The first kappa shape index (κ1) is 13.3. The van der Waals surface area contributed by atoms with Gasteiger partial charge in [0.2, 0.25) is 0 Å². The molecule has 1 aliphatic rings. The van der Waals surface area contributed by atoms with E-state index in [0.29, 0.717) is 6.54 Å². The maximum atomic E-state index is 5.54. The zero-order valence-electron chi connectivity index (χ0n) is 11.8. The normalized spacial score (nSPS) is 16.6. The molecule has 0 N–H and O–H groups in total. The third kappa shape index (κ3) is 3.46. The van der Waals surface area contributed by atoms with Gasteiger partial charge in [0.1, 0.15) is 18.1 Å². The van der Waals surface area contributed by atoms with E-state index in [0.717, 1.165) is 56.5 Å². The first-order chi connectivity index (χ1) is 9.79. The van der Waals surface area contributed by atoms with E-state index in [1.165, 1.54) is 0 Å². The van der Waals surface area contributed by atoms with E-state index < -0.39 is 0 Å². The van der Waals surface area contributed by atoms with E-state index in [2.05, 4.69) is 15.2 Å². The summed E-state index contributed by atoms with van der Waals surface area (Å²) in [6.07, 6.45) is 2.93. The second kappa shape index (κ2) is 6.19. The second-order valence-electron chi connectivity index (χ2n) is 5.12. The standard InChI is InChI=1S/C14H20N4O2/c1-12-2-3-14(20-12)11-18-10-13(15-16-18)4-5-17-6-8-19-9-7-17/h2-3,10H,4-9,11H2,1H3. The maximum Gasteiger partial charge on any atom is 0.125 e. The molecule has 0 radical (unpaired) electrons. The van der Waals surface area contributed by atoms with Gasteiger partial charge in [0.15, 0.2) is 0 Å². The van der Waals surface area contributed by atoms with Crippen molar-refractivity contribution in [1.29, 1.82) is 0 Å². The lowest BCUT2D eigenvalue weighted by molar-refractivity contribution is 0.0383. The fraction of sp³-hybridized carbons (Fsp3) is 0.571. The van der Waals surface area contributed by atoms with E-state index >= 15 is 0 Å². The van der Waals surface area contributed by atoms with Gasteiger partial charge >= 0.3 is 0 Å². The largest absolute Gasteiger partial charge is 0.464 e. The topological polar surface area (TPSA) is 56.3 Å². The smallest absolute Gasteiger partial charge is 0.125 e. The quantitative estimate of drug-likeness (QED) is 0.818. The molecular weight excluding hydrogens is 256 g/mol. The Morgan fingerprint density at radius 1 is 1.25 bits per heavy atom. The van der Waals surface area contributed by atoms with Crippen LogP contribution in [0.3, 0.4) is 0 Å². The molecule has 20 heavy (non-hydrogen) atoms. The number of hydrogen-bond donors (Lipinski definition) is 0. The van der Waals surface area contributed by atoms with Crippen LogP contribution in [0.5, 0.6) is 0 Å². The minimum Gasteiger partial charge on any atom is -0.464 e. The molecule has 2 aromatic rings. The van der Waals surface area contributed by atoms with E-state index in [1.54, 1.807) is 0 Å². The molecule has 3 rings (SSSR count). The van der Waals surface area contributed by atoms with Crippen molar-refractivity contribution in [3.63, 3.8) is 0 Å². The van der Waals surface area contributed by atoms with Crippen molar-refractivity contribution in [2.24, 2.45) is 0 Å². The molecule has 0 aromatic carbocycles. The number of nitrogens with zero attached hydrogens (tertiary/aromatic N) is 4. The van der Waals surface area contributed by atoms with Crippen molar-refractivity contribution in [3.8, 4) is 0 Å². The fourth-order valence-electron chi connectivity index (χ4n) is 2.36. The van der Waals surface area contributed by atoms with Crippen LogP contribution in [-0.4, -0.2) is 52.7 Å². The van der Waals surface area contributed by atoms with Crippen LogP contribution in [0.1, 0.15) is 17.2 Å². The summed E-state index contributed by atoms with van der Waals surface area (Å²) < 4.78 is 12.7. The second-order valence-corrected chi connectivity index (χ2v) is 5.12. The number of aryl methyl sites for hydroxylation is 1. The summed E-state index contributed by atoms with van der Waals surface area (Å²) in [6.45, 7) is 7.30. The van der Waals surface area contributed by atoms with Gasteiger partial charge in [-0.3, -0.25) is 4.90 Å². The van der Waals surface area contributed by atoms with Gasteiger partial charge in [-0.2, -0.15) is 0 Å². The Morgan fingerprint density at radius 3 is 2.85 bits per heavy atom. The van der Waals surface area contributed by atoms with Gasteiger partial charge in [0.25, 0.3) is 0 Å². The molecule has 0 saturated carbocycles. The number of hydrogen-bond acceptors (Lipinski definition) is 5. The zero-order chi connectivity index (χ0) is 13.8. The lowest BCUT2D eigenvalue weighted by Gasteiger charge is -2.25. The van der Waals surface area contributed by atoms with Crippen LogP contribution < -0.4 is 0 Å². The van der Waals surface area contributed by atoms with Crippen LogP contribution in [0, 0.1) is 6.92 Å². The molecule has 1 aliphatic heterocycles. The Balaban J connectivity index is 1.51. The van der Waals surface area contributed by atoms with Crippen molar-refractivity contribution in [2.75, 3.05) is 32.8 Å². The predicted molar refractivity (Wildman–Crippen MR) is 73.5 cm³/mol. The molecule has 6 nitrogen and oxygen atoms in total. The molecule has 1 fully saturated rings. The Morgan fingerprint density at radius 2 is 2.10 bits per heavy atom. The molecule has 108 valence electrons. The highest BCUT2D eigenvalue weighted by atomic mass is 16.5. The number of rotatable bonds is 5. The summed E-state index contributed by atoms with van der Waals surface area (Å²) in [5, 5.41) is 8.36. The van der Waals surface area contributed by atoms with Crippen molar-refractivity contribution in [1.82, 2.24) is 19.9 Å². The van der Waals surface area contributed by atoms with Crippen LogP contribution in [0.2, 0.25) is 0 Å². The predicted octanol–water partition coefficient (Wildman–Crippen LogP) is 1.10. The summed E-state index contributed by atoms with van der Waals surface area (Å²) in [5.74, 6) is 1.83. The zero-order valence-corrected chi connectivity index (χ0v) is 11.8. The SMILES string of the molecule is Cc1ccc(Cn2cc(CCN3CCOCC3)nn2)o1. The minimum atomic E-state index is 0.637. The molecule has 2 aromatic heterocycles. The van der Waals surface area contributed by atoms with Gasteiger partial charge in [0, 0.05) is 32.3 Å². The summed E-state index contributed by atoms with van der Waals surface area (Å²) in [4.78, 5) is 2.40. The average molecular weight is 276 g/mol. The molecule has 6 heteroatoms. The van der Waals surface area contributed by atoms with Gasteiger partial charge in [0.05, 0.1) is 18.9 Å². The maximum absolute atomic E-state index is 5.54. The molecule has 0 spiro atoms. The van der Waals surface area contributed by atoms with E-state index in [4.69, 9.17) is 9.15 Å². The van der Waals surface area contributed by atoms with Crippen molar-refractivity contribution in [2.45, 2.75) is 19.9 Å². The lowest BCUT2D eigenvalue weighted by atomic mass is 10.3. The van der Waals surface area contributed by atoms with Crippen LogP contribution in [0.4, 0.5) is 0 Å². The number of aromatic nitrogens is 3. The molecule has 3 heterocycles. The van der Waals surface area contributed by atoms with Gasteiger partial charge in [-0.1, -0.05) is 5.21 Å². The van der Waals surface area contributed by atoms with E-state index in [1.807, 2.05) is 29.9 Å². The van der Waals surface area contributed by atoms with Crippen LogP contribution >= 0.6 is 0 Å². The third-order valence-electron chi connectivity index (χ3n) is 3.49. The molecule has 0 unspecified atom stereocenters. The number of ether oxygens (including phenoxy) is 1. The average Bonchev–Trinajstić information content (AvgIpc) is 3.08. The first-order valence-corrected chi connectivity index (χ1v) is 7.04.